The van der Waals surface area contributed by atoms with E-state index in [1.807, 2.05) is 4.68 Å². The number of hydrogen-bond acceptors (Lipinski definition) is 3. The standard InChI is InChI=1S/C12H23N3O/c1-5-6-15-12(13-8-14-15)7-11(16)10(4)9(2)3/h8-11,16H,5-7H2,1-4H3. The van der Waals surface area contributed by atoms with Crippen LogP contribution in [-0.2, 0) is 13.0 Å². The molecule has 1 aromatic heterocycles. The molecule has 0 aromatic carbocycles. The van der Waals surface area contributed by atoms with Gasteiger partial charge in [0.05, 0.1) is 6.10 Å². The van der Waals surface area contributed by atoms with Crippen LogP contribution in [-0.4, -0.2) is 26.0 Å². The Kier molecular flexibility index (Phi) is 4.93. The third kappa shape index (κ3) is 3.30. The molecular weight excluding hydrogens is 202 g/mol. The van der Waals surface area contributed by atoms with Gasteiger partial charge in [0.25, 0.3) is 0 Å². The zero-order valence-corrected chi connectivity index (χ0v) is 10.7. The average molecular weight is 225 g/mol. The lowest BCUT2D eigenvalue weighted by atomic mass is 9.90. The minimum atomic E-state index is -0.334. The molecule has 4 nitrogen and oxygen atoms in total. The summed E-state index contributed by atoms with van der Waals surface area (Å²) in [7, 11) is 0. The summed E-state index contributed by atoms with van der Waals surface area (Å²) in [6.45, 7) is 9.32. The van der Waals surface area contributed by atoms with Crippen LogP contribution in [0.3, 0.4) is 0 Å². The summed E-state index contributed by atoms with van der Waals surface area (Å²) < 4.78 is 1.89. The van der Waals surface area contributed by atoms with E-state index in [2.05, 4.69) is 37.8 Å². The van der Waals surface area contributed by atoms with Crippen LogP contribution in [0.4, 0.5) is 0 Å². The van der Waals surface area contributed by atoms with Crippen molar-refractivity contribution in [3.8, 4) is 0 Å². The highest BCUT2D eigenvalue weighted by Gasteiger charge is 2.20. The smallest absolute Gasteiger partial charge is 0.138 e. The summed E-state index contributed by atoms with van der Waals surface area (Å²) >= 11 is 0. The zero-order chi connectivity index (χ0) is 12.1. The second-order valence-corrected chi connectivity index (χ2v) is 4.77. The van der Waals surface area contributed by atoms with Crippen molar-refractivity contribution in [3.05, 3.63) is 12.2 Å². The van der Waals surface area contributed by atoms with Gasteiger partial charge < -0.3 is 5.11 Å². The van der Waals surface area contributed by atoms with Crippen molar-refractivity contribution in [2.75, 3.05) is 0 Å². The van der Waals surface area contributed by atoms with E-state index in [-0.39, 0.29) is 12.0 Å². The second kappa shape index (κ2) is 5.99. The van der Waals surface area contributed by atoms with Crippen LogP contribution in [0.1, 0.15) is 39.9 Å². The van der Waals surface area contributed by atoms with Crippen molar-refractivity contribution in [3.63, 3.8) is 0 Å². The predicted octanol–water partition coefficient (Wildman–Crippen LogP) is 1.88. The molecule has 1 rings (SSSR count). The van der Waals surface area contributed by atoms with Crippen LogP contribution in [0.2, 0.25) is 0 Å². The average Bonchev–Trinajstić information content (AvgIpc) is 2.65. The van der Waals surface area contributed by atoms with E-state index >= 15 is 0 Å². The first-order chi connectivity index (χ1) is 7.56. The summed E-state index contributed by atoms with van der Waals surface area (Å²) in [4.78, 5) is 4.21. The van der Waals surface area contributed by atoms with E-state index in [0.717, 1.165) is 18.8 Å². The molecule has 0 aliphatic heterocycles. The highest BCUT2D eigenvalue weighted by molar-refractivity contribution is 4.89. The molecule has 0 saturated carbocycles. The maximum atomic E-state index is 10.1. The molecule has 1 heterocycles. The van der Waals surface area contributed by atoms with Crippen LogP contribution in [0.25, 0.3) is 0 Å². The van der Waals surface area contributed by atoms with Gasteiger partial charge in [-0.2, -0.15) is 5.10 Å². The molecule has 0 aliphatic rings. The van der Waals surface area contributed by atoms with E-state index in [9.17, 15) is 5.11 Å². The molecule has 0 radical (unpaired) electrons. The zero-order valence-electron chi connectivity index (χ0n) is 10.7. The Bertz CT molecular complexity index is 309. The number of rotatable bonds is 6. The monoisotopic (exact) mass is 225 g/mol. The number of aliphatic hydroxyl groups is 1. The molecule has 0 spiro atoms. The molecule has 0 bridgehead atoms. The maximum Gasteiger partial charge on any atom is 0.138 e. The van der Waals surface area contributed by atoms with Crippen LogP contribution < -0.4 is 0 Å². The van der Waals surface area contributed by atoms with E-state index in [1.54, 1.807) is 6.33 Å². The van der Waals surface area contributed by atoms with Gasteiger partial charge >= 0.3 is 0 Å². The van der Waals surface area contributed by atoms with Crippen LogP contribution >= 0.6 is 0 Å². The van der Waals surface area contributed by atoms with Gasteiger partial charge in [0.2, 0.25) is 0 Å². The van der Waals surface area contributed by atoms with Crippen molar-refractivity contribution in [1.29, 1.82) is 0 Å². The molecule has 16 heavy (non-hydrogen) atoms. The summed E-state index contributed by atoms with van der Waals surface area (Å²) in [6.07, 6.45) is 2.86. The highest BCUT2D eigenvalue weighted by Crippen LogP contribution is 2.17. The Labute approximate surface area is 97.7 Å². The van der Waals surface area contributed by atoms with Crippen LogP contribution in [0.5, 0.6) is 0 Å². The number of nitrogens with zero attached hydrogens (tertiary/aromatic N) is 3. The third-order valence-corrected chi connectivity index (χ3v) is 3.18. The van der Waals surface area contributed by atoms with Crippen LogP contribution in [0.15, 0.2) is 6.33 Å². The molecule has 0 aliphatic carbocycles. The van der Waals surface area contributed by atoms with Crippen molar-refractivity contribution in [1.82, 2.24) is 14.8 Å². The van der Waals surface area contributed by atoms with E-state index in [1.165, 1.54) is 0 Å². The fraction of sp³-hybridized carbons (Fsp3) is 0.833. The number of aromatic nitrogens is 3. The molecule has 0 saturated heterocycles. The van der Waals surface area contributed by atoms with E-state index in [4.69, 9.17) is 0 Å². The molecule has 1 N–H and O–H groups in total. The molecule has 92 valence electrons. The lowest BCUT2D eigenvalue weighted by Crippen LogP contribution is -2.26. The third-order valence-electron chi connectivity index (χ3n) is 3.18. The molecule has 0 amide bonds. The lowest BCUT2D eigenvalue weighted by molar-refractivity contribution is 0.0892. The summed E-state index contributed by atoms with van der Waals surface area (Å²) in [5.41, 5.74) is 0. The van der Waals surface area contributed by atoms with Gasteiger partial charge in [-0.25, -0.2) is 4.98 Å². The fourth-order valence-corrected chi connectivity index (χ4v) is 1.66. The topological polar surface area (TPSA) is 50.9 Å². The minimum absolute atomic E-state index is 0.284. The quantitative estimate of drug-likeness (QED) is 0.804. The summed E-state index contributed by atoms with van der Waals surface area (Å²) in [5, 5.41) is 14.2. The lowest BCUT2D eigenvalue weighted by Gasteiger charge is -2.21. The Morgan fingerprint density at radius 3 is 2.62 bits per heavy atom. The van der Waals surface area contributed by atoms with Gasteiger partial charge in [0.15, 0.2) is 0 Å². The molecular formula is C12H23N3O. The van der Waals surface area contributed by atoms with Crippen LogP contribution in [0, 0.1) is 11.8 Å². The second-order valence-electron chi connectivity index (χ2n) is 4.77. The SMILES string of the molecule is CCCn1ncnc1CC(O)C(C)C(C)C. The molecule has 2 unspecified atom stereocenters. The number of aliphatic hydroxyl groups excluding tert-OH is 1. The van der Waals surface area contributed by atoms with Crippen molar-refractivity contribution < 1.29 is 5.11 Å². The largest absolute Gasteiger partial charge is 0.392 e. The number of aryl methyl sites for hydroxylation is 1. The minimum Gasteiger partial charge on any atom is -0.392 e. The summed E-state index contributed by atoms with van der Waals surface area (Å²) in [6, 6.07) is 0. The van der Waals surface area contributed by atoms with Gasteiger partial charge in [-0.1, -0.05) is 27.7 Å². The normalized spacial score (nSPS) is 15.4. The summed E-state index contributed by atoms with van der Waals surface area (Å²) in [5.74, 6) is 1.66. The van der Waals surface area contributed by atoms with Crippen molar-refractivity contribution in [2.45, 2.75) is 53.2 Å². The maximum absolute atomic E-state index is 10.1. The molecule has 0 fully saturated rings. The first kappa shape index (κ1) is 13.2. The van der Waals surface area contributed by atoms with Crippen molar-refractivity contribution in [2.24, 2.45) is 11.8 Å². The first-order valence-electron chi connectivity index (χ1n) is 6.11. The van der Waals surface area contributed by atoms with E-state index in [0.29, 0.717) is 12.3 Å². The molecule has 4 heteroatoms. The predicted molar refractivity (Wildman–Crippen MR) is 64.0 cm³/mol. The fourth-order valence-electron chi connectivity index (χ4n) is 1.66. The Balaban J connectivity index is 2.61. The van der Waals surface area contributed by atoms with Gasteiger partial charge in [-0.15, -0.1) is 0 Å². The van der Waals surface area contributed by atoms with Gasteiger partial charge in [-0.05, 0) is 18.3 Å². The first-order valence-corrected chi connectivity index (χ1v) is 6.11. The molecule has 1 aromatic rings. The Morgan fingerprint density at radius 1 is 1.38 bits per heavy atom. The van der Waals surface area contributed by atoms with E-state index < -0.39 is 0 Å². The number of hydrogen-bond donors (Lipinski definition) is 1. The van der Waals surface area contributed by atoms with Gasteiger partial charge in [0.1, 0.15) is 12.2 Å². The van der Waals surface area contributed by atoms with Gasteiger partial charge in [-0.3, -0.25) is 4.68 Å². The molecule has 2 atom stereocenters. The Morgan fingerprint density at radius 2 is 2.06 bits per heavy atom. The Hall–Kier alpha value is -0.900. The van der Waals surface area contributed by atoms with Gasteiger partial charge in [0, 0.05) is 13.0 Å². The van der Waals surface area contributed by atoms with Crippen molar-refractivity contribution >= 4 is 0 Å². The highest BCUT2D eigenvalue weighted by atomic mass is 16.3.